The van der Waals surface area contributed by atoms with Crippen LogP contribution in [0.25, 0.3) is 66.7 Å². The summed E-state index contributed by atoms with van der Waals surface area (Å²) in [6.45, 7) is 3.97. The lowest BCUT2D eigenvalue weighted by atomic mass is 10.0. The highest BCUT2D eigenvalue weighted by molar-refractivity contribution is 6.20. The van der Waals surface area contributed by atoms with Crippen LogP contribution >= 0.6 is 0 Å². The van der Waals surface area contributed by atoms with Gasteiger partial charge in [0.25, 0.3) is 0 Å². The van der Waals surface area contributed by atoms with Crippen molar-refractivity contribution in [1.82, 2.24) is 70.5 Å². The predicted molar refractivity (Wildman–Crippen MR) is 342 cm³/mol. The van der Waals surface area contributed by atoms with E-state index in [2.05, 4.69) is 126 Å². The summed E-state index contributed by atoms with van der Waals surface area (Å²) in [5.41, 5.74) is 13.5. The maximum absolute atomic E-state index is 14.3. The van der Waals surface area contributed by atoms with Crippen LogP contribution in [0.4, 0.5) is 43.3 Å². The first kappa shape index (κ1) is 56.8. The van der Waals surface area contributed by atoms with Gasteiger partial charge in [-0.3, -0.25) is 30.3 Å². The minimum absolute atomic E-state index is 0.273. The van der Waals surface area contributed by atoms with Gasteiger partial charge in [-0.1, -0.05) is 60.7 Å². The van der Waals surface area contributed by atoms with Crippen LogP contribution in [0.15, 0.2) is 192 Å². The van der Waals surface area contributed by atoms with E-state index in [0.717, 1.165) is 84.7 Å². The number of nitrogens with one attached hydrogen (secondary N) is 6. The van der Waals surface area contributed by atoms with Gasteiger partial charge in [0.15, 0.2) is 22.8 Å². The number of aliphatic imine (C=N–C) groups is 3. The highest BCUT2D eigenvalue weighted by Crippen LogP contribution is 2.39. The van der Waals surface area contributed by atoms with E-state index in [0.29, 0.717) is 93.7 Å². The Hall–Kier alpha value is -12.3. The number of hydrogen-bond donors (Lipinski definition) is 6. The Morgan fingerprint density at radius 1 is 0.456 bits per heavy atom. The molecule has 23 nitrogen and oxygen atoms in total. The van der Waals surface area contributed by atoms with Gasteiger partial charge in [0.05, 0.1) is 108 Å². The first-order valence-corrected chi connectivity index (χ1v) is 28.1. The molecule has 0 spiro atoms. The number of nitrogens with zero attached hydrogens (tertiary/aromatic N) is 14. The van der Waals surface area contributed by atoms with Gasteiger partial charge in [-0.15, -0.1) is 0 Å². The number of benzene rings is 5. The maximum Gasteiger partial charge on any atom is 0.186 e. The van der Waals surface area contributed by atoms with Gasteiger partial charge >= 0.3 is 0 Å². The molecule has 0 atom stereocenters. The predicted octanol–water partition coefficient (Wildman–Crippen LogP) is 11.9. The van der Waals surface area contributed by atoms with E-state index in [1.54, 1.807) is 50.9 Å². The van der Waals surface area contributed by atoms with Crippen molar-refractivity contribution in [2.45, 2.75) is 6.92 Å². The van der Waals surface area contributed by atoms with Crippen molar-refractivity contribution in [1.29, 1.82) is 0 Å². The zero-order chi connectivity index (χ0) is 61.5. The van der Waals surface area contributed by atoms with Gasteiger partial charge in [0.2, 0.25) is 0 Å². The summed E-state index contributed by atoms with van der Waals surface area (Å²) in [5.74, 6) is 3.01. The average Bonchev–Trinajstić information content (AvgIpc) is 1.70. The van der Waals surface area contributed by atoms with E-state index in [4.69, 9.17) is 14.2 Å². The molecule has 444 valence electrons. The van der Waals surface area contributed by atoms with Crippen LogP contribution in [0.2, 0.25) is 0 Å². The number of rotatable bonds is 15. The van der Waals surface area contributed by atoms with Crippen LogP contribution < -0.4 is 30.2 Å². The Kier molecular flexibility index (Phi) is 16.0. The SMILES string of the molecule is COc1ccc(-c2ccc(F)cc2F)cc1Nc1ncnc2n[nH]c(C3=NCC=C3)c12.COc1ccc(-c2ccccc2)cc1Nc1ncnc2n[nH]c(C3=NCC=C3C)c12.COc1ccc(-c2ncccn2)cc1Nc1ncnc2n[nH]c(C3=NCC=C3)c12. The Balaban J connectivity index is 0.000000124. The number of halogens is 2. The van der Waals surface area contributed by atoms with Crippen molar-refractivity contribution in [3.05, 3.63) is 205 Å². The van der Waals surface area contributed by atoms with Crippen molar-refractivity contribution in [3.8, 4) is 50.9 Å². The molecule has 15 rings (SSSR count). The van der Waals surface area contributed by atoms with Crippen molar-refractivity contribution in [2.24, 2.45) is 15.0 Å². The summed E-state index contributed by atoms with van der Waals surface area (Å²) in [4.78, 5) is 48.2. The molecule has 0 radical (unpaired) electrons. The zero-order valence-corrected chi connectivity index (χ0v) is 48.5. The number of ether oxygens (including phenoxy) is 3. The summed E-state index contributed by atoms with van der Waals surface area (Å²) >= 11 is 0. The molecule has 12 aromatic rings. The second-order valence-electron chi connectivity index (χ2n) is 20.1. The van der Waals surface area contributed by atoms with Gasteiger partial charge in [-0.25, -0.2) is 48.7 Å². The first-order valence-electron chi connectivity index (χ1n) is 28.1. The normalized spacial score (nSPS) is 13.0. The number of aromatic nitrogens is 14. The minimum atomic E-state index is -0.649. The van der Waals surface area contributed by atoms with Crippen LogP contribution in [-0.2, 0) is 0 Å². The molecule has 0 fully saturated rings. The molecule has 0 saturated heterocycles. The van der Waals surface area contributed by atoms with E-state index in [1.165, 1.54) is 38.2 Å². The highest BCUT2D eigenvalue weighted by Gasteiger charge is 2.23. The molecule has 7 aromatic heterocycles. The van der Waals surface area contributed by atoms with Crippen molar-refractivity contribution in [3.63, 3.8) is 0 Å². The summed E-state index contributed by atoms with van der Waals surface area (Å²) in [6.07, 6.45) is 17.7. The first-order chi connectivity index (χ1) is 44.2. The molecule has 3 aliphatic rings. The van der Waals surface area contributed by atoms with E-state index < -0.39 is 11.6 Å². The van der Waals surface area contributed by atoms with Crippen LogP contribution in [0.1, 0.15) is 24.0 Å². The third-order valence-corrected chi connectivity index (χ3v) is 14.6. The average molecular weight is 1200 g/mol. The molecule has 0 unspecified atom stereocenters. The quantitative estimate of drug-likeness (QED) is 0.0556. The van der Waals surface area contributed by atoms with Crippen LogP contribution in [0.5, 0.6) is 17.2 Å². The standard InChI is InChI=1S/C23H20N6O.C22H16F2N6O.C20H16N8O/c1-14-10-11-24-20(14)21-19-22(25-13-26-23(19)29-28-21)27-17-12-16(8-9-18(17)30-2)15-6-4-3-5-7-15;1-31-18-7-4-12(14-6-5-13(23)10-15(14)24)9-17(18)28-21-19-20(16-3-2-8-25-16)29-30-22(19)27-11-26-21;1-29-15-6-5-12(18-22-8-3-9-23-18)10-14(15)26-19-16-17(13-4-2-7-21-13)27-28-20(16)25-11-24-19/h3-10,12-13H,11H2,1-2H3,(H2,25,26,27,28,29);2-7,9-11H,8H2,1H3,(H2,26,27,28,29,30);2-6,8-11H,7H2,1H3,(H2,24,25,26,27,28). The molecule has 0 bridgehead atoms. The van der Waals surface area contributed by atoms with E-state index in [-0.39, 0.29) is 5.56 Å². The molecule has 6 N–H and O–H groups in total. The smallest absolute Gasteiger partial charge is 0.186 e. The molecule has 90 heavy (non-hydrogen) atoms. The lowest BCUT2D eigenvalue weighted by molar-refractivity contribution is 0.417. The number of H-pyrrole nitrogens is 3. The van der Waals surface area contributed by atoms with E-state index in [9.17, 15) is 8.78 Å². The number of anilines is 6. The minimum Gasteiger partial charge on any atom is -0.495 e. The second-order valence-corrected chi connectivity index (χ2v) is 20.1. The van der Waals surface area contributed by atoms with E-state index in [1.807, 2.05) is 79.8 Å². The molecular formula is C65H52F2N20O3. The van der Waals surface area contributed by atoms with E-state index >= 15 is 0 Å². The Morgan fingerprint density at radius 3 is 1.43 bits per heavy atom. The Morgan fingerprint density at radius 2 is 0.944 bits per heavy atom. The molecule has 0 aliphatic carbocycles. The third kappa shape index (κ3) is 11.6. The summed E-state index contributed by atoms with van der Waals surface area (Å²) in [6, 6.07) is 32.4. The lowest BCUT2D eigenvalue weighted by Gasteiger charge is -2.14. The van der Waals surface area contributed by atoms with Crippen LogP contribution in [0, 0.1) is 11.6 Å². The molecule has 5 aromatic carbocycles. The number of hydrogen-bond acceptors (Lipinski definition) is 20. The largest absolute Gasteiger partial charge is 0.495 e. The lowest BCUT2D eigenvalue weighted by Crippen LogP contribution is -2.04. The molecule has 0 saturated carbocycles. The number of methoxy groups -OCH3 is 3. The summed E-state index contributed by atoms with van der Waals surface area (Å²) in [7, 11) is 4.81. The fourth-order valence-corrected chi connectivity index (χ4v) is 10.3. The summed E-state index contributed by atoms with van der Waals surface area (Å²) < 4.78 is 44.2. The molecule has 3 aliphatic heterocycles. The number of fused-ring (bicyclic) bond motifs is 3. The van der Waals surface area contributed by atoms with Crippen LogP contribution in [-0.4, -0.2) is 129 Å². The number of aromatic amines is 3. The monoisotopic (exact) mass is 1200 g/mol. The topological polar surface area (TPSA) is 290 Å². The molecular weight excluding hydrogens is 1150 g/mol. The Bertz CT molecular complexity index is 4870. The van der Waals surface area contributed by atoms with Gasteiger partial charge in [-0.2, -0.15) is 15.3 Å². The van der Waals surface area contributed by atoms with Crippen LogP contribution in [0.3, 0.4) is 0 Å². The van der Waals surface area contributed by atoms with Gasteiger partial charge in [-0.05, 0) is 102 Å². The van der Waals surface area contributed by atoms with Crippen molar-refractivity contribution >= 4 is 84.8 Å². The molecule has 0 amide bonds. The maximum atomic E-state index is 14.3. The summed E-state index contributed by atoms with van der Waals surface area (Å²) in [5, 5.41) is 34.2. The molecule has 10 heterocycles. The van der Waals surface area contributed by atoms with Crippen molar-refractivity contribution in [2.75, 3.05) is 56.9 Å². The number of allylic oxidation sites excluding steroid dienone is 3. The third-order valence-electron chi connectivity index (χ3n) is 14.6. The fourth-order valence-electron chi connectivity index (χ4n) is 10.3. The van der Waals surface area contributed by atoms with Gasteiger partial charge < -0.3 is 30.2 Å². The van der Waals surface area contributed by atoms with Gasteiger partial charge in [0, 0.05) is 29.6 Å². The zero-order valence-electron chi connectivity index (χ0n) is 48.5. The fraction of sp³-hybridized carbons (Fsp3) is 0.108. The van der Waals surface area contributed by atoms with Gasteiger partial charge in [0.1, 0.15) is 65.3 Å². The van der Waals surface area contributed by atoms with Crippen molar-refractivity contribution < 1.29 is 23.0 Å². The Labute approximate surface area is 511 Å². The highest BCUT2D eigenvalue weighted by atomic mass is 19.1. The second kappa shape index (κ2) is 25.4. The molecule has 25 heteroatoms.